The molecule has 1 N–H and O–H groups in total. The maximum atomic E-state index is 11.0. The first kappa shape index (κ1) is 9.48. The van der Waals surface area contributed by atoms with E-state index in [0.717, 1.165) is 19.6 Å². The van der Waals surface area contributed by atoms with Crippen LogP contribution in [0.3, 0.4) is 0 Å². The van der Waals surface area contributed by atoms with Gasteiger partial charge in [0.25, 0.3) is 0 Å². The first-order valence-electron chi connectivity index (χ1n) is 4.34. The maximum Gasteiger partial charge on any atom is 0.219 e. The van der Waals surface area contributed by atoms with E-state index in [1.165, 1.54) is 0 Å². The van der Waals surface area contributed by atoms with Crippen molar-refractivity contribution < 1.29 is 4.79 Å². The molecule has 0 unspecified atom stereocenters. The van der Waals surface area contributed by atoms with Crippen molar-refractivity contribution in [1.82, 2.24) is 15.3 Å². The molecule has 1 saturated heterocycles. The Morgan fingerprint density at radius 1 is 1.50 bits per heavy atom. The minimum Gasteiger partial charge on any atom is -0.340 e. The van der Waals surface area contributed by atoms with Gasteiger partial charge in [-0.1, -0.05) is 0 Å². The Labute approximate surface area is 73.5 Å². The third-order valence-corrected chi connectivity index (χ3v) is 2.36. The van der Waals surface area contributed by atoms with Gasteiger partial charge >= 0.3 is 0 Å². The lowest BCUT2D eigenvalue weighted by atomic mass is 10.2. The van der Waals surface area contributed by atoms with E-state index in [-0.39, 0.29) is 5.91 Å². The maximum absolute atomic E-state index is 11.0. The molecule has 0 spiro atoms. The van der Waals surface area contributed by atoms with Crippen molar-refractivity contribution in [3.05, 3.63) is 0 Å². The van der Waals surface area contributed by atoms with Crippen molar-refractivity contribution in [2.24, 2.45) is 0 Å². The molecular weight excluding hydrogens is 154 g/mol. The van der Waals surface area contributed by atoms with Crippen molar-refractivity contribution in [3.8, 4) is 0 Å². The number of carbonyl (C=O) groups is 1. The number of rotatable bonds is 1. The highest BCUT2D eigenvalue weighted by molar-refractivity contribution is 5.73. The zero-order valence-corrected chi connectivity index (χ0v) is 8.00. The van der Waals surface area contributed by atoms with Crippen molar-refractivity contribution in [3.63, 3.8) is 0 Å². The van der Waals surface area contributed by atoms with Gasteiger partial charge in [0.05, 0.1) is 0 Å². The molecule has 0 aromatic heterocycles. The third kappa shape index (κ3) is 1.95. The van der Waals surface area contributed by atoms with E-state index in [1.807, 2.05) is 11.9 Å². The minimum absolute atomic E-state index is 0.178. The van der Waals surface area contributed by atoms with Gasteiger partial charge in [0, 0.05) is 32.6 Å². The van der Waals surface area contributed by atoms with Crippen molar-refractivity contribution in [2.45, 2.75) is 19.9 Å². The number of hydrogen-bond donors (Lipinski definition) is 1. The number of nitrogens with one attached hydrogen (secondary N) is 1. The number of carbonyl (C=O) groups excluding carboxylic acids is 1. The minimum atomic E-state index is 0.178. The molecular formula is C8H17N3O. The first-order valence-corrected chi connectivity index (χ1v) is 4.34. The predicted molar refractivity (Wildman–Crippen MR) is 47.5 cm³/mol. The molecule has 1 heterocycles. The highest BCUT2D eigenvalue weighted by atomic mass is 16.2. The molecule has 1 amide bonds. The van der Waals surface area contributed by atoms with E-state index in [1.54, 1.807) is 6.92 Å². The number of piperazine rings is 1. The van der Waals surface area contributed by atoms with Crippen molar-refractivity contribution >= 4 is 5.91 Å². The number of nitrogens with zero attached hydrogens (tertiary/aromatic N) is 2. The van der Waals surface area contributed by atoms with E-state index >= 15 is 0 Å². The van der Waals surface area contributed by atoms with E-state index in [0.29, 0.717) is 6.04 Å². The van der Waals surface area contributed by atoms with Crippen LogP contribution in [0.1, 0.15) is 13.8 Å². The van der Waals surface area contributed by atoms with E-state index < -0.39 is 0 Å². The number of hydrogen-bond acceptors (Lipinski definition) is 3. The van der Waals surface area contributed by atoms with Crippen LogP contribution in [0.25, 0.3) is 0 Å². The Kier molecular flexibility index (Phi) is 3.05. The largest absolute Gasteiger partial charge is 0.340 e. The summed E-state index contributed by atoms with van der Waals surface area (Å²) in [6, 6.07) is 0.410. The summed E-state index contributed by atoms with van der Waals surface area (Å²) in [4.78, 5) is 12.9. The zero-order valence-electron chi connectivity index (χ0n) is 8.00. The number of hydrazine groups is 1. The molecule has 0 aromatic carbocycles. The lowest BCUT2D eigenvalue weighted by molar-refractivity contribution is -0.132. The Balaban J connectivity index is 2.46. The highest BCUT2D eigenvalue weighted by Gasteiger charge is 2.23. The van der Waals surface area contributed by atoms with E-state index in [2.05, 4.69) is 17.4 Å². The Bertz CT molecular complexity index is 172. The monoisotopic (exact) mass is 171 g/mol. The molecule has 0 bridgehead atoms. The van der Waals surface area contributed by atoms with Crippen LogP contribution < -0.4 is 5.43 Å². The molecule has 0 radical (unpaired) electrons. The highest BCUT2D eigenvalue weighted by Crippen LogP contribution is 2.05. The molecule has 0 aromatic rings. The second-order valence-corrected chi connectivity index (χ2v) is 3.23. The summed E-state index contributed by atoms with van der Waals surface area (Å²) < 4.78 is 0. The van der Waals surface area contributed by atoms with Gasteiger partial charge in [-0.15, -0.1) is 0 Å². The van der Waals surface area contributed by atoms with Gasteiger partial charge in [0.1, 0.15) is 0 Å². The second kappa shape index (κ2) is 3.87. The summed E-state index contributed by atoms with van der Waals surface area (Å²) in [5.41, 5.74) is 3.11. The van der Waals surface area contributed by atoms with Crippen LogP contribution in [0, 0.1) is 0 Å². The van der Waals surface area contributed by atoms with Gasteiger partial charge in [-0.3, -0.25) is 10.2 Å². The fourth-order valence-electron chi connectivity index (χ4n) is 1.58. The zero-order chi connectivity index (χ0) is 9.14. The van der Waals surface area contributed by atoms with Gasteiger partial charge in [0.2, 0.25) is 5.91 Å². The fraction of sp³-hybridized carbons (Fsp3) is 0.875. The SMILES string of the molecule is CNN1CCN(C(C)=O)C[C@H]1C. The number of amides is 1. The predicted octanol–water partition coefficient (Wildman–Crippen LogP) is -0.327. The van der Waals surface area contributed by atoms with Crippen LogP contribution in [0.2, 0.25) is 0 Å². The summed E-state index contributed by atoms with van der Waals surface area (Å²) in [5, 5.41) is 2.15. The van der Waals surface area contributed by atoms with Gasteiger partial charge in [-0.05, 0) is 14.0 Å². The lowest BCUT2D eigenvalue weighted by Gasteiger charge is -2.38. The normalized spacial score (nSPS) is 25.9. The summed E-state index contributed by atoms with van der Waals surface area (Å²) >= 11 is 0. The van der Waals surface area contributed by atoms with Crippen LogP contribution in [0.5, 0.6) is 0 Å². The summed E-state index contributed by atoms with van der Waals surface area (Å²) in [6.45, 7) is 6.32. The quantitative estimate of drug-likeness (QED) is 0.587. The van der Waals surface area contributed by atoms with Crippen molar-refractivity contribution in [1.29, 1.82) is 0 Å². The smallest absolute Gasteiger partial charge is 0.219 e. The van der Waals surface area contributed by atoms with Crippen LogP contribution in [0.15, 0.2) is 0 Å². The van der Waals surface area contributed by atoms with Gasteiger partial charge in [-0.2, -0.15) is 0 Å². The molecule has 1 rings (SSSR count). The molecule has 12 heavy (non-hydrogen) atoms. The Hall–Kier alpha value is -0.610. The van der Waals surface area contributed by atoms with Gasteiger partial charge in [0.15, 0.2) is 0 Å². The molecule has 0 aliphatic carbocycles. The fourth-order valence-corrected chi connectivity index (χ4v) is 1.58. The van der Waals surface area contributed by atoms with E-state index in [9.17, 15) is 4.79 Å². The Morgan fingerprint density at radius 3 is 2.58 bits per heavy atom. The van der Waals surface area contributed by atoms with Crippen LogP contribution in [-0.4, -0.2) is 48.5 Å². The average molecular weight is 171 g/mol. The molecule has 70 valence electrons. The molecule has 1 atom stereocenters. The van der Waals surface area contributed by atoms with Crippen LogP contribution >= 0.6 is 0 Å². The summed E-state index contributed by atoms with van der Waals surface area (Å²) in [5.74, 6) is 0.178. The lowest BCUT2D eigenvalue weighted by Crippen LogP contribution is -2.56. The first-order chi connectivity index (χ1) is 5.65. The van der Waals surface area contributed by atoms with Crippen LogP contribution in [-0.2, 0) is 4.79 Å². The van der Waals surface area contributed by atoms with Gasteiger partial charge in [-0.25, -0.2) is 5.01 Å². The molecule has 1 aliphatic heterocycles. The summed E-state index contributed by atoms with van der Waals surface area (Å²) in [7, 11) is 1.92. The molecule has 4 nitrogen and oxygen atoms in total. The molecule has 1 aliphatic rings. The summed E-state index contributed by atoms with van der Waals surface area (Å²) in [6.07, 6.45) is 0. The van der Waals surface area contributed by atoms with Gasteiger partial charge < -0.3 is 4.90 Å². The van der Waals surface area contributed by atoms with E-state index in [4.69, 9.17) is 0 Å². The van der Waals surface area contributed by atoms with Crippen LogP contribution in [0.4, 0.5) is 0 Å². The second-order valence-electron chi connectivity index (χ2n) is 3.23. The molecule has 1 fully saturated rings. The standard InChI is InChI=1S/C8H17N3O/c1-7-6-10(8(2)12)4-5-11(7)9-3/h7,9H,4-6H2,1-3H3/t7-/m1/s1. The molecule has 4 heteroatoms. The Morgan fingerprint density at radius 2 is 2.17 bits per heavy atom. The molecule has 0 saturated carbocycles. The topological polar surface area (TPSA) is 35.6 Å². The average Bonchev–Trinajstić information content (AvgIpc) is 2.04. The third-order valence-electron chi connectivity index (χ3n) is 2.36. The van der Waals surface area contributed by atoms with Crippen molar-refractivity contribution in [2.75, 3.05) is 26.7 Å².